The molecule has 1 aliphatic heterocycles. The molecule has 1 saturated heterocycles. The van der Waals surface area contributed by atoms with Gasteiger partial charge in [0.15, 0.2) is 17.4 Å². The van der Waals surface area contributed by atoms with Crippen LogP contribution in [0.1, 0.15) is 62.8 Å². The van der Waals surface area contributed by atoms with Crippen LogP contribution in [0.4, 0.5) is 8.78 Å². The third-order valence-corrected chi connectivity index (χ3v) is 6.58. The summed E-state index contributed by atoms with van der Waals surface area (Å²) in [5.41, 5.74) is 0.420. The number of hydrogen-bond acceptors (Lipinski definition) is 3. The van der Waals surface area contributed by atoms with Crippen molar-refractivity contribution in [3.8, 4) is 5.75 Å². The van der Waals surface area contributed by atoms with Crippen molar-refractivity contribution in [2.45, 2.75) is 63.1 Å². The number of rotatable bonds is 2. The summed E-state index contributed by atoms with van der Waals surface area (Å²) in [4.78, 5) is 0. The minimum atomic E-state index is -1.12. The van der Waals surface area contributed by atoms with Gasteiger partial charge in [0.1, 0.15) is 0 Å². The monoisotopic (exact) mass is 352 g/mol. The Morgan fingerprint density at radius 1 is 0.840 bits per heavy atom. The van der Waals surface area contributed by atoms with E-state index in [4.69, 9.17) is 9.47 Å². The molecule has 1 aromatic rings. The lowest BCUT2D eigenvalue weighted by atomic mass is 9.69. The van der Waals surface area contributed by atoms with Crippen molar-refractivity contribution in [1.82, 2.24) is 0 Å². The molecule has 3 fully saturated rings. The highest BCUT2D eigenvalue weighted by molar-refractivity contribution is 5.32. The summed E-state index contributed by atoms with van der Waals surface area (Å²) < 4.78 is 39.3. The van der Waals surface area contributed by atoms with E-state index in [1.54, 1.807) is 0 Å². The fourth-order valence-electron chi connectivity index (χ4n) is 5.11. The largest absolute Gasteiger partial charge is 0.505 e. The van der Waals surface area contributed by atoms with Crippen molar-refractivity contribution in [1.29, 1.82) is 0 Å². The Bertz CT molecular complexity index is 610. The minimum absolute atomic E-state index is 0.0581. The zero-order chi connectivity index (χ0) is 17.4. The smallest absolute Gasteiger partial charge is 0.200 e. The number of phenols is 1. The molecule has 3 aliphatic rings. The number of aromatic hydroxyl groups is 1. The second-order valence-corrected chi connectivity index (χ2v) is 7.86. The van der Waals surface area contributed by atoms with E-state index in [0.717, 1.165) is 51.4 Å². The maximum absolute atomic E-state index is 14.1. The van der Waals surface area contributed by atoms with Crippen molar-refractivity contribution < 1.29 is 23.4 Å². The SMILES string of the molecule is Oc1ccc(C2CCC(C3CCC4(CC3)OCCO4)CC2)c(F)c1F. The molecule has 138 valence electrons. The summed E-state index contributed by atoms with van der Waals surface area (Å²) in [6, 6.07) is 2.81. The average Bonchev–Trinajstić information content (AvgIpc) is 3.09. The Morgan fingerprint density at radius 2 is 1.44 bits per heavy atom. The molecule has 0 aromatic heterocycles. The van der Waals surface area contributed by atoms with Gasteiger partial charge in [-0.25, -0.2) is 4.39 Å². The summed E-state index contributed by atoms with van der Waals surface area (Å²) in [5.74, 6) is -1.49. The Hall–Kier alpha value is -1.20. The Morgan fingerprint density at radius 3 is 2.08 bits per heavy atom. The molecule has 25 heavy (non-hydrogen) atoms. The van der Waals surface area contributed by atoms with Gasteiger partial charge in [0.25, 0.3) is 0 Å². The van der Waals surface area contributed by atoms with Crippen LogP contribution in [-0.4, -0.2) is 24.1 Å². The second-order valence-electron chi connectivity index (χ2n) is 7.86. The lowest BCUT2D eigenvalue weighted by Gasteiger charge is -2.41. The molecule has 1 heterocycles. The van der Waals surface area contributed by atoms with Crippen LogP contribution in [0.3, 0.4) is 0 Å². The first-order valence-corrected chi connectivity index (χ1v) is 9.53. The molecular weight excluding hydrogens is 326 g/mol. The fraction of sp³-hybridized carbons (Fsp3) is 0.700. The number of phenolic OH excluding ortho intramolecular Hbond substituents is 1. The quantitative estimate of drug-likeness (QED) is 0.825. The van der Waals surface area contributed by atoms with Crippen molar-refractivity contribution in [2.24, 2.45) is 11.8 Å². The lowest BCUT2D eigenvalue weighted by Crippen LogP contribution is -2.37. The number of halogens is 2. The van der Waals surface area contributed by atoms with Crippen LogP contribution in [-0.2, 0) is 9.47 Å². The van der Waals surface area contributed by atoms with Gasteiger partial charge in [0, 0.05) is 12.8 Å². The van der Waals surface area contributed by atoms with E-state index in [2.05, 4.69) is 0 Å². The number of ether oxygens (including phenoxy) is 2. The number of hydrogen-bond donors (Lipinski definition) is 1. The van der Waals surface area contributed by atoms with Gasteiger partial charge in [0.2, 0.25) is 5.82 Å². The van der Waals surface area contributed by atoms with E-state index in [1.807, 2.05) is 0 Å². The highest BCUT2D eigenvalue weighted by atomic mass is 19.2. The van der Waals surface area contributed by atoms with E-state index in [9.17, 15) is 13.9 Å². The van der Waals surface area contributed by atoms with Crippen LogP contribution in [0.2, 0.25) is 0 Å². The fourth-order valence-corrected chi connectivity index (χ4v) is 5.11. The van der Waals surface area contributed by atoms with E-state index in [-0.39, 0.29) is 11.7 Å². The van der Waals surface area contributed by atoms with Crippen molar-refractivity contribution in [3.05, 3.63) is 29.3 Å². The van der Waals surface area contributed by atoms with Gasteiger partial charge in [-0.15, -0.1) is 0 Å². The molecule has 0 radical (unpaired) electrons. The molecule has 1 N–H and O–H groups in total. The molecule has 4 rings (SSSR count). The molecule has 0 bridgehead atoms. The van der Waals surface area contributed by atoms with Crippen molar-refractivity contribution in [3.63, 3.8) is 0 Å². The van der Waals surface area contributed by atoms with Crippen molar-refractivity contribution >= 4 is 0 Å². The van der Waals surface area contributed by atoms with E-state index >= 15 is 0 Å². The third kappa shape index (κ3) is 3.28. The Balaban J connectivity index is 1.34. The average molecular weight is 352 g/mol. The standard InChI is InChI=1S/C20H26F2O3/c21-18-16(5-6-17(23)19(18)22)15-3-1-13(2-4-15)14-7-9-20(10-8-14)24-11-12-25-20/h5-6,13-15,23H,1-4,7-12H2. The highest BCUT2D eigenvalue weighted by Crippen LogP contribution is 2.47. The van der Waals surface area contributed by atoms with Crippen LogP contribution in [0.15, 0.2) is 12.1 Å². The molecule has 0 amide bonds. The predicted octanol–water partition coefficient (Wildman–Crippen LogP) is 4.88. The molecule has 5 heteroatoms. The summed E-state index contributed by atoms with van der Waals surface area (Å²) in [5, 5.41) is 9.29. The first-order valence-electron chi connectivity index (χ1n) is 9.53. The lowest BCUT2D eigenvalue weighted by molar-refractivity contribution is -0.185. The minimum Gasteiger partial charge on any atom is -0.505 e. The van der Waals surface area contributed by atoms with E-state index in [0.29, 0.717) is 30.6 Å². The van der Waals surface area contributed by atoms with Gasteiger partial charge in [0.05, 0.1) is 13.2 Å². The van der Waals surface area contributed by atoms with Crippen molar-refractivity contribution in [2.75, 3.05) is 13.2 Å². The van der Waals surface area contributed by atoms with Gasteiger partial charge < -0.3 is 14.6 Å². The predicted molar refractivity (Wildman–Crippen MR) is 89.3 cm³/mol. The van der Waals surface area contributed by atoms with Crippen LogP contribution in [0, 0.1) is 23.5 Å². The van der Waals surface area contributed by atoms with Gasteiger partial charge in [-0.2, -0.15) is 4.39 Å². The normalized spacial score (nSPS) is 30.0. The summed E-state index contributed by atoms with van der Waals surface area (Å²) in [6.07, 6.45) is 8.14. The van der Waals surface area contributed by atoms with Gasteiger partial charge in [-0.05, 0) is 67.9 Å². The number of benzene rings is 1. The van der Waals surface area contributed by atoms with Crippen LogP contribution in [0.5, 0.6) is 5.75 Å². The van der Waals surface area contributed by atoms with Gasteiger partial charge in [-0.1, -0.05) is 6.07 Å². The van der Waals surface area contributed by atoms with Gasteiger partial charge in [-0.3, -0.25) is 0 Å². The maximum atomic E-state index is 14.1. The third-order valence-electron chi connectivity index (χ3n) is 6.58. The Kier molecular flexibility index (Phi) is 4.71. The van der Waals surface area contributed by atoms with Crippen LogP contribution >= 0.6 is 0 Å². The molecule has 0 unspecified atom stereocenters. The summed E-state index contributed by atoms with van der Waals surface area (Å²) in [6.45, 7) is 1.43. The second kappa shape index (κ2) is 6.84. The Labute approximate surface area is 147 Å². The zero-order valence-electron chi connectivity index (χ0n) is 14.5. The molecule has 1 spiro atoms. The first kappa shape index (κ1) is 17.2. The molecule has 2 aliphatic carbocycles. The summed E-state index contributed by atoms with van der Waals surface area (Å²) >= 11 is 0. The summed E-state index contributed by atoms with van der Waals surface area (Å²) in [7, 11) is 0. The zero-order valence-corrected chi connectivity index (χ0v) is 14.5. The molecule has 3 nitrogen and oxygen atoms in total. The molecular formula is C20H26F2O3. The van der Waals surface area contributed by atoms with Crippen LogP contribution in [0.25, 0.3) is 0 Å². The molecule has 1 aromatic carbocycles. The van der Waals surface area contributed by atoms with E-state index < -0.39 is 17.4 Å². The molecule has 0 atom stereocenters. The van der Waals surface area contributed by atoms with Crippen LogP contribution < -0.4 is 0 Å². The highest BCUT2D eigenvalue weighted by Gasteiger charge is 2.42. The van der Waals surface area contributed by atoms with E-state index in [1.165, 1.54) is 12.1 Å². The first-order chi connectivity index (χ1) is 12.1. The maximum Gasteiger partial charge on any atom is 0.200 e. The topological polar surface area (TPSA) is 38.7 Å². The van der Waals surface area contributed by atoms with Gasteiger partial charge >= 0.3 is 0 Å². The molecule has 2 saturated carbocycles.